The number of aryl methyl sites for hydroxylation is 2. The van der Waals surface area contributed by atoms with Crippen LogP contribution in [0.5, 0.6) is 0 Å². The van der Waals surface area contributed by atoms with Crippen molar-refractivity contribution in [2.24, 2.45) is 0 Å². The highest BCUT2D eigenvalue weighted by molar-refractivity contribution is 7.89. The Bertz CT molecular complexity index is 650. The third-order valence-electron chi connectivity index (χ3n) is 3.52. The molecule has 8 heteroatoms. The molecule has 21 heavy (non-hydrogen) atoms. The van der Waals surface area contributed by atoms with Crippen molar-refractivity contribution in [3.05, 3.63) is 17.1 Å². The lowest BCUT2D eigenvalue weighted by molar-refractivity contribution is 0.0594. The number of piperazine rings is 1. The van der Waals surface area contributed by atoms with E-state index >= 15 is 0 Å². The number of hydrogen-bond donors (Lipinski definition) is 1. The summed E-state index contributed by atoms with van der Waals surface area (Å²) in [4.78, 5) is 11.8. The summed E-state index contributed by atoms with van der Waals surface area (Å²) < 4.78 is 37.1. The number of esters is 1. The topological polar surface area (TPSA) is 88.8 Å². The van der Waals surface area contributed by atoms with Gasteiger partial charge in [0, 0.05) is 25.7 Å². The highest BCUT2D eigenvalue weighted by Crippen LogP contribution is 2.30. The van der Waals surface area contributed by atoms with E-state index in [2.05, 4.69) is 10.1 Å². The molecule has 0 aromatic carbocycles. The zero-order chi connectivity index (χ0) is 15.8. The normalized spacial score (nSPS) is 20.5. The Morgan fingerprint density at radius 3 is 2.62 bits per heavy atom. The molecule has 1 saturated heterocycles. The van der Waals surface area contributed by atoms with Crippen molar-refractivity contribution in [3.8, 4) is 0 Å². The number of nitrogens with one attached hydrogen (secondary N) is 1. The molecule has 0 amide bonds. The zero-order valence-corrected chi connectivity index (χ0v) is 13.4. The van der Waals surface area contributed by atoms with Gasteiger partial charge < -0.3 is 14.5 Å². The van der Waals surface area contributed by atoms with Gasteiger partial charge in [0.05, 0.1) is 7.11 Å². The van der Waals surface area contributed by atoms with E-state index in [9.17, 15) is 13.2 Å². The van der Waals surface area contributed by atoms with Crippen LogP contribution in [0.25, 0.3) is 0 Å². The van der Waals surface area contributed by atoms with Gasteiger partial charge in [0.2, 0.25) is 10.0 Å². The van der Waals surface area contributed by atoms with Crippen LogP contribution < -0.4 is 5.32 Å². The third-order valence-corrected chi connectivity index (χ3v) is 5.54. The maximum Gasteiger partial charge on any atom is 0.342 e. The van der Waals surface area contributed by atoms with Gasteiger partial charge in [-0.1, -0.05) is 0 Å². The zero-order valence-electron chi connectivity index (χ0n) is 12.6. The van der Waals surface area contributed by atoms with Crippen molar-refractivity contribution in [1.29, 1.82) is 0 Å². The Morgan fingerprint density at radius 2 is 2.05 bits per heavy atom. The first-order valence-electron chi connectivity index (χ1n) is 6.71. The predicted octanol–water partition coefficient (Wildman–Crippen LogP) is 0.665. The molecule has 1 aliphatic heterocycles. The van der Waals surface area contributed by atoms with Crippen LogP contribution in [0.1, 0.15) is 28.8 Å². The molecule has 1 fully saturated rings. The Labute approximate surface area is 124 Å². The van der Waals surface area contributed by atoms with Gasteiger partial charge in [-0.25, -0.2) is 13.2 Å². The van der Waals surface area contributed by atoms with Gasteiger partial charge in [-0.05, 0) is 20.8 Å². The van der Waals surface area contributed by atoms with Gasteiger partial charge in [0.1, 0.15) is 22.0 Å². The van der Waals surface area contributed by atoms with Crippen LogP contribution in [-0.2, 0) is 14.8 Å². The summed E-state index contributed by atoms with van der Waals surface area (Å²) in [7, 11) is -2.58. The fourth-order valence-corrected chi connectivity index (χ4v) is 4.46. The molecule has 1 aromatic rings. The maximum absolute atomic E-state index is 12.8. The van der Waals surface area contributed by atoms with Crippen LogP contribution in [0, 0.1) is 13.8 Å². The number of nitrogens with zero attached hydrogens (tertiary/aromatic N) is 1. The van der Waals surface area contributed by atoms with Crippen LogP contribution in [0.4, 0.5) is 0 Å². The largest absolute Gasteiger partial charge is 0.465 e. The number of carbonyl (C=O) groups is 1. The minimum atomic E-state index is -3.79. The van der Waals surface area contributed by atoms with Gasteiger partial charge >= 0.3 is 5.97 Å². The quantitative estimate of drug-likeness (QED) is 0.824. The number of methoxy groups -OCH3 is 1. The van der Waals surface area contributed by atoms with Crippen LogP contribution >= 0.6 is 0 Å². The minimum Gasteiger partial charge on any atom is -0.465 e. The van der Waals surface area contributed by atoms with Gasteiger partial charge in [0.15, 0.2) is 0 Å². The second-order valence-electron chi connectivity index (χ2n) is 5.13. The first-order chi connectivity index (χ1) is 9.78. The molecule has 0 saturated carbocycles. The molecule has 118 valence electrons. The molecular formula is C13H20N2O5S. The average molecular weight is 316 g/mol. The predicted molar refractivity (Wildman–Crippen MR) is 75.7 cm³/mol. The Kier molecular flexibility index (Phi) is 4.40. The van der Waals surface area contributed by atoms with E-state index in [0.29, 0.717) is 19.6 Å². The Hall–Kier alpha value is -1.38. The smallest absolute Gasteiger partial charge is 0.342 e. The lowest BCUT2D eigenvalue weighted by Crippen LogP contribution is -2.51. The number of carbonyl (C=O) groups excluding carboxylic acids is 1. The van der Waals surface area contributed by atoms with Crippen LogP contribution in [-0.4, -0.2) is 51.5 Å². The monoisotopic (exact) mass is 316 g/mol. The second kappa shape index (κ2) is 5.78. The summed E-state index contributed by atoms with van der Waals surface area (Å²) in [6.07, 6.45) is 0. The molecule has 0 aliphatic carbocycles. The molecule has 2 rings (SSSR count). The standard InChI is InChI=1S/C13H20N2O5S/c1-8-7-15(6-5-14-8)21(17,18)12-10(3)20-9(2)11(12)13(16)19-4/h8,14H,5-7H2,1-4H3/t8-/m0/s1. The van der Waals surface area contributed by atoms with Crippen LogP contribution in [0.3, 0.4) is 0 Å². The SMILES string of the molecule is COC(=O)c1c(C)oc(C)c1S(=O)(=O)N1CCN[C@@H](C)C1. The summed E-state index contributed by atoms with van der Waals surface area (Å²) in [5, 5.41) is 3.18. The van der Waals surface area contributed by atoms with E-state index in [4.69, 9.17) is 4.42 Å². The molecule has 0 spiro atoms. The maximum atomic E-state index is 12.8. The van der Waals surface area contributed by atoms with E-state index in [0.717, 1.165) is 0 Å². The number of sulfonamides is 1. The summed E-state index contributed by atoms with van der Waals surface area (Å²) in [5.74, 6) is -0.244. The molecule has 1 aromatic heterocycles. The molecule has 2 heterocycles. The minimum absolute atomic E-state index is 0.0128. The second-order valence-corrected chi connectivity index (χ2v) is 7.00. The van der Waals surface area contributed by atoms with Gasteiger partial charge in [0.25, 0.3) is 0 Å². The van der Waals surface area contributed by atoms with Gasteiger partial charge in [-0.3, -0.25) is 0 Å². The van der Waals surface area contributed by atoms with Crippen LogP contribution in [0.2, 0.25) is 0 Å². The van der Waals surface area contributed by atoms with E-state index in [1.54, 1.807) is 6.92 Å². The molecule has 1 aliphatic rings. The summed E-state index contributed by atoms with van der Waals surface area (Å²) >= 11 is 0. The highest BCUT2D eigenvalue weighted by atomic mass is 32.2. The number of furan rings is 1. The van der Waals surface area contributed by atoms with Crippen molar-refractivity contribution in [1.82, 2.24) is 9.62 Å². The van der Waals surface area contributed by atoms with E-state index in [1.165, 1.54) is 18.3 Å². The number of ether oxygens (including phenoxy) is 1. The van der Waals surface area contributed by atoms with E-state index in [-0.39, 0.29) is 28.0 Å². The van der Waals surface area contributed by atoms with E-state index in [1.807, 2.05) is 6.92 Å². The molecule has 0 bridgehead atoms. The summed E-state index contributed by atoms with van der Waals surface area (Å²) in [6, 6.07) is 0.0587. The van der Waals surface area contributed by atoms with Crippen molar-refractivity contribution in [2.45, 2.75) is 31.7 Å². The third kappa shape index (κ3) is 2.83. The van der Waals surface area contributed by atoms with Gasteiger partial charge in [-0.2, -0.15) is 4.31 Å². The molecule has 1 N–H and O–H groups in total. The number of rotatable bonds is 3. The number of hydrogen-bond acceptors (Lipinski definition) is 6. The van der Waals surface area contributed by atoms with E-state index < -0.39 is 16.0 Å². The van der Waals surface area contributed by atoms with Crippen molar-refractivity contribution >= 4 is 16.0 Å². The molecular weight excluding hydrogens is 296 g/mol. The molecule has 0 radical (unpaired) electrons. The average Bonchev–Trinajstić information content (AvgIpc) is 2.73. The summed E-state index contributed by atoms with van der Waals surface area (Å²) in [5.41, 5.74) is -0.0128. The Morgan fingerprint density at radius 1 is 1.38 bits per heavy atom. The van der Waals surface area contributed by atoms with Crippen molar-refractivity contribution in [2.75, 3.05) is 26.7 Å². The summed E-state index contributed by atoms with van der Waals surface area (Å²) in [6.45, 7) is 6.29. The van der Waals surface area contributed by atoms with Crippen molar-refractivity contribution < 1.29 is 22.4 Å². The fraction of sp³-hybridized carbons (Fsp3) is 0.615. The van der Waals surface area contributed by atoms with Crippen LogP contribution in [0.15, 0.2) is 9.31 Å². The fourth-order valence-electron chi connectivity index (χ4n) is 2.56. The molecule has 0 unspecified atom stereocenters. The first-order valence-corrected chi connectivity index (χ1v) is 8.15. The lowest BCUT2D eigenvalue weighted by atomic mass is 10.2. The van der Waals surface area contributed by atoms with Crippen molar-refractivity contribution in [3.63, 3.8) is 0 Å². The first kappa shape index (κ1) is 16.0. The molecule has 7 nitrogen and oxygen atoms in total. The highest BCUT2D eigenvalue weighted by Gasteiger charge is 2.37. The Balaban J connectivity index is 2.52. The van der Waals surface area contributed by atoms with Gasteiger partial charge in [-0.15, -0.1) is 0 Å². The lowest BCUT2D eigenvalue weighted by Gasteiger charge is -2.31. The molecule has 1 atom stereocenters.